The second kappa shape index (κ2) is 6.39. The van der Waals surface area contributed by atoms with Gasteiger partial charge >= 0.3 is 0 Å². The molecule has 1 unspecified atom stereocenters. The minimum atomic E-state index is 0.0546. The molecule has 1 aromatic heterocycles. The van der Waals surface area contributed by atoms with Crippen molar-refractivity contribution in [3.8, 4) is 0 Å². The molecule has 3 rings (SSSR count). The number of piperidine rings is 1. The maximum absolute atomic E-state index is 11.1. The Morgan fingerprint density at radius 1 is 1.33 bits per heavy atom. The van der Waals surface area contributed by atoms with Crippen molar-refractivity contribution in [2.24, 2.45) is 0 Å². The Kier molecular flexibility index (Phi) is 4.34. The zero-order chi connectivity index (χ0) is 14.7. The summed E-state index contributed by atoms with van der Waals surface area (Å²) < 4.78 is 5.43. The van der Waals surface area contributed by atoms with Crippen molar-refractivity contribution in [2.45, 2.75) is 38.1 Å². The van der Waals surface area contributed by atoms with Crippen LogP contribution in [-0.4, -0.2) is 48.2 Å². The smallest absolute Gasteiger partial charge is 0.217 e. The van der Waals surface area contributed by atoms with E-state index in [0.717, 1.165) is 57.1 Å². The third-order valence-corrected chi connectivity index (χ3v) is 4.25. The summed E-state index contributed by atoms with van der Waals surface area (Å²) in [6.45, 7) is 5.01. The first-order valence-corrected chi connectivity index (χ1v) is 7.64. The quantitative estimate of drug-likeness (QED) is 0.902. The van der Waals surface area contributed by atoms with E-state index in [4.69, 9.17) is 4.74 Å². The lowest BCUT2D eigenvalue weighted by atomic mass is 10.0. The molecule has 1 N–H and O–H groups in total. The zero-order valence-electron chi connectivity index (χ0n) is 12.4. The van der Waals surface area contributed by atoms with E-state index in [1.165, 1.54) is 0 Å². The zero-order valence-corrected chi connectivity index (χ0v) is 12.4. The number of nitrogens with one attached hydrogen (secondary N) is 1. The van der Waals surface area contributed by atoms with Gasteiger partial charge in [-0.2, -0.15) is 0 Å². The number of rotatable bonds is 3. The minimum absolute atomic E-state index is 0.0546. The predicted molar refractivity (Wildman–Crippen MR) is 79.3 cm³/mol. The number of carbonyl (C=O) groups excluding carboxylic acids is 1. The Morgan fingerprint density at radius 3 is 2.81 bits per heavy atom. The molecular weight excluding hydrogens is 268 g/mol. The molecule has 1 amide bonds. The van der Waals surface area contributed by atoms with Gasteiger partial charge in [0, 0.05) is 44.6 Å². The van der Waals surface area contributed by atoms with Crippen LogP contribution in [0.2, 0.25) is 0 Å². The largest absolute Gasteiger partial charge is 0.381 e. The van der Waals surface area contributed by atoms with Crippen molar-refractivity contribution >= 4 is 11.7 Å². The van der Waals surface area contributed by atoms with Gasteiger partial charge in [0.1, 0.15) is 12.1 Å². The highest BCUT2D eigenvalue weighted by Gasteiger charge is 2.23. The van der Waals surface area contributed by atoms with Crippen molar-refractivity contribution in [3.05, 3.63) is 18.1 Å². The fourth-order valence-corrected chi connectivity index (χ4v) is 3.07. The summed E-state index contributed by atoms with van der Waals surface area (Å²) in [6.07, 6.45) is 4.63. The maximum Gasteiger partial charge on any atom is 0.217 e. The molecule has 0 aliphatic carbocycles. The molecular formula is C15H22N4O2. The number of anilines is 1. The summed E-state index contributed by atoms with van der Waals surface area (Å²) in [5, 5.41) is 2.99. The van der Waals surface area contributed by atoms with Gasteiger partial charge in [0.15, 0.2) is 0 Å². The van der Waals surface area contributed by atoms with E-state index < -0.39 is 0 Å². The van der Waals surface area contributed by atoms with Crippen LogP contribution in [-0.2, 0) is 9.53 Å². The fraction of sp³-hybridized carbons (Fsp3) is 0.667. The number of ether oxygens (including phenoxy) is 1. The fourth-order valence-electron chi connectivity index (χ4n) is 3.07. The molecule has 2 aliphatic rings. The van der Waals surface area contributed by atoms with Crippen LogP contribution < -0.4 is 10.2 Å². The lowest BCUT2D eigenvalue weighted by Gasteiger charge is -2.33. The van der Waals surface area contributed by atoms with Gasteiger partial charge in [-0.1, -0.05) is 0 Å². The third-order valence-electron chi connectivity index (χ3n) is 4.25. The van der Waals surface area contributed by atoms with Gasteiger partial charge in [0.05, 0.1) is 12.3 Å². The van der Waals surface area contributed by atoms with Gasteiger partial charge in [-0.3, -0.25) is 4.79 Å². The molecule has 2 fully saturated rings. The summed E-state index contributed by atoms with van der Waals surface area (Å²) in [4.78, 5) is 22.2. The highest BCUT2D eigenvalue weighted by atomic mass is 16.5. The van der Waals surface area contributed by atoms with Crippen LogP contribution in [0, 0.1) is 0 Å². The molecule has 1 atom stereocenters. The number of nitrogens with zero attached hydrogens (tertiary/aromatic N) is 3. The summed E-state index contributed by atoms with van der Waals surface area (Å²) in [7, 11) is 0. The average Bonchev–Trinajstić information content (AvgIpc) is 3.02. The Morgan fingerprint density at radius 2 is 2.14 bits per heavy atom. The van der Waals surface area contributed by atoms with Gasteiger partial charge in [0.25, 0.3) is 0 Å². The normalized spacial score (nSPS) is 23.3. The number of aromatic nitrogens is 2. The predicted octanol–water partition coefficient (Wildman–Crippen LogP) is 1.09. The highest BCUT2D eigenvalue weighted by molar-refractivity contribution is 5.73. The molecule has 6 heteroatoms. The van der Waals surface area contributed by atoms with E-state index in [1.807, 2.05) is 0 Å². The second-order valence-electron chi connectivity index (χ2n) is 5.82. The van der Waals surface area contributed by atoms with Crippen LogP contribution >= 0.6 is 0 Å². The second-order valence-corrected chi connectivity index (χ2v) is 5.82. The Hall–Kier alpha value is -1.69. The van der Waals surface area contributed by atoms with Gasteiger partial charge in [-0.25, -0.2) is 9.97 Å². The molecule has 0 aromatic carbocycles. The number of amides is 1. The number of hydrogen-bond donors (Lipinski definition) is 1. The molecule has 3 heterocycles. The molecule has 0 radical (unpaired) electrons. The molecule has 1 aromatic rings. The van der Waals surface area contributed by atoms with Crippen molar-refractivity contribution in [3.63, 3.8) is 0 Å². The van der Waals surface area contributed by atoms with Crippen molar-refractivity contribution in [1.82, 2.24) is 15.3 Å². The highest BCUT2D eigenvalue weighted by Crippen LogP contribution is 2.26. The number of carbonyl (C=O) groups is 1. The SMILES string of the molecule is CC(=O)NC1CCN(c2cc(C3CCOC3)ncn2)CC1. The van der Waals surface area contributed by atoms with E-state index in [0.29, 0.717) is 12.0 Å². The summed E-state index contributed by atoms with van der Waals surface area (Å²) in [5.74, 6) is 1.45. The molecule has 21 heavy (non-hydrogen) atoms. The molecule has 0 saturated carbocycles. The van der Waals surface area contributed by atoms with Crippen LogP contribution in [0.1, 0.15) is 37.8 Å². The first-order valence-electron chi connectivity index (χ1n) is 7.64. The summed E-state index contributed by atoms with van der Waals surface area (Å²) >= 11 is 0. The van der Waals surface area contributed by atoms with Gasteiger partial charge in [-0.15, -0.1) is 0 Å². The first-order chi connectivity index (χ1) is 10.2. The minimum Gasteiger partial charge on any atom is -0.381 e. The van der Waals surface area contributed by atoms with Crippen LogP contribution in [0.3, 0.4) is 0 Å². The van der Waals surface area contributed by atoms with E-state index >= 15 is 0 Å². The van der Waals surface area contributed by atoms with Gasteiger partial charge < -0.3 is 15.0 Å². The molecule has 2 saturated heterocycles. The van der Waals surface area contributed by atoms with Gasteiger partial charge in [-0.05, 0) is 19.3 Å². The third kappa shape index (κ3) is 3.50. The molecule has 114 valence electrons. The van der Waals surface area contributed by atoms with Crippen LogP contribution in [0.4, 0.5) is 5.82 Å². The molecule has 2 aliphatic heterocycles. The van der Waals surface area contributed by atoms with Crippen LogP contribution in [0.5, 0.6) is 0 Å². The van der Waals surface area contributed by atoms with Crippen molar-refractivity contribution in [2.75, 3.05) is 31.2 Å². The van der Waals surface area contributed by atoms with Crippen molar-refractivity contribution < 1.29 is 9.53 Å². The van der Waals surface area contributed by atoms with Crippen LogP contribution in [0.15, 0.2) is 12.4 Å². The molecule has 6 nitrogen and oxygen atoms in total. The van der Waals surface area contributed by atoms with Gasteiger partial charge in [0.2, 0.25) is 5.91 Å². The topological polar surface area (TPSA) is 67.4 Å². The monoisotopic (exact) mass is 290 g/mol. The Bertz CT molecular complexity index is 494. The Balaban J connectivity index is 1.62. The van der Waals surface area contributed by atoms with E-state index in [-0.39, 0.29) is 5.91 Å². The average molecular weight is 290 g/mol. The molecule has 0 bridgehead atoms. The first kappa shape index (κ1) is 14.3. The van der Waals surface area contributed by atoms with E-state index in [2.05, 4.69) is 26.3 Å². The van der Waals surface area contributed by atoms with E-state index in [9.17, 15) is 4.79 Å². The summed E-state index contributed by atoms with van der Waals surface area (Å²) in [5.41, 5.74) is 1.08. The van der Waals surface area contributed by atoms with Crippen molar-refractivity contribution in [1.29, 1.82) is 0 Å². The van der Waals surface area contributed by atoms with E-state index in [1.54, 1.807) is 13.3 Å². The maximum atomic E-state index is 11.1. The standard InChI is InChI=1S/C15H22N4O2/c1-11(20)18-13-2-5-19(6-3-13)15-8-14(16-10-17-15)12-4-7-21-9-12/h8,10,12-13H,2-7,9H2,1H3,(H,18,20). The number of hydrogen-bond acceptors (Lipinski definition) is 5. The molecule has 0 spiro atoms. The summed E-state index contributed by atoms with van der Waals surface area (Å²) in [6, 6.07) is 2.39. The lowest BCUT2D eigenvalue weighted by molar-refractivity contribution is -0.119. The van der Waals surface area contributed by atoms with Crippen LogP contribution in [0.25, 0.3) is 0 Å². The Labute approximate surface area is 124 Å². The lowest BCUT2D eigenvalue weighted by Crippen LogP contribution is -2.44.